The highest BCUT2D eigenvalue weighted by molar-refractivity contribution is 7.92. The van der Waals surface area contributed by atoms with Crippen LogP contribution in [0.1, 0.15) is 10.4 Å². The van der Waals surface area contributed by atoms with Gasteiger partial charge in [0.1, 0.15) is 16.3 Å². The molecule has 2 N–H and O–H groups in total. The van der Waals surface area contributed by atoms with E-state index in [9.17, 15) is 17.6 Å². The molecular weight excluding hydrogens is 325 g/mol. The summed E-state index contributed by atoms with van der Waals surface area (Å²) in [6.07, 6.45) is 0.993. The summed E-state index contributed by atoms with van der Waals surface area (Å²) >= 11 is 5.74. The first-order chi connectivity index (χ1) is 9.72. The Morgan fingerprint density at radius 1 is 1.48 bits per heavy atom. The predicted octanol–water partition coefficient (Wildman–Crippen LogP) is 1.71. The smallest absolute Gasteiger partial charge is 0.341 e. The molecule has 10 heteroatoms. The second-order valence-corrected chi connectivity index (χ2v) is 6.07. The maximum absolute atomic E-state index is 13.2. The van der Waals surface area contributed by atoms with Gasteiger partial charge in [0.05, 0.1) is 11.2 Å². The highest BCUT2D eigenvalue weighted by Gasteiger charge is 2.24. The molecule has 0 saturated carbocycles. The largest absolute Gasteiger partial charge is 0.477 e. The van der Waals surface area contributed by atoms with E-state index < -0.39 is 26.7 Å². The highest BCUT2D eigenvalue weighted by Crippen LogP contribution is 2.25. The number of aromatic nitrogens is 2. The van der Waals surface area contributed by atoms with Crippen LogP contribution in [0.25, 0.3) is 0 Å². The molecule has 0 spiro atoms. The lowest BCUT2D eigenvalue weighted by molar-refractivity contribution is 0.0698. The van der Waals surface area contributed by atoms with E-state index >= 15 is 0 Å². The first-order valence-electron chi connectivity index (χ1n) is 5.45. The number of hydrogen-bond donors (Lipinski definition) is 2. The third kappa shape index (κ3) is 2.98. The molecule has 1 aromatic carbocycles. The van der Waals surface area contributed by atoms with Crippen LogP contribution in [-0.4, -0.2) is 29.3 Å². The van der Waals surface area contributed by atoms with Crippen molar-refractivity contribution in [1.29, 1.82) is 0 Å². The Morgan fingerprint density at radius 2 is 2.14 bits per heavy atom. The van der Waals surface area contributed by atoms with E-state index in [0.717, 1.165) is 29.1 Å². The summed E-state index contributed by atoms with van der Waals surface area (Å²) in [6.45, 7) is 0. The summed E-state index contributed by atoms with van der Waals surface area (Å²) in [4.78, 5) is 10.5. The zero-order valence-corrected chi connectivity index (χ0v) is 12.1. The second-order valence-electron chi connectivity index (χ2n) is 4.02. The molecule has 1 heterocycles. The van der Waals surface area contributed by atoms with Gasteiger partial charge in [-0.25, -0.2) is 17.6 Å². The number of anilines is 1. The normalized spacial score (nSPS) is 11.4. The first-order valence-corrected chi connectivity index (χ1v) is 7.31. The minimum Gasteiger partial charge on any atom is -0.477 e. The van der Waals surface area contributed by atoms with Crippen LogP contribution in [0.2, 0.25) is 5.02 Å². The molecule has 0 saturated heterocycles. The fourth-order valence-corrected chi connectivity index (χ4v) is 3.20. The zero-order valence-electron chi connectivity index (χ0n) is 10.5. The van der Waals surface area contributed by atoms with Gasteiger partial charge in [0.25, 0.3) is 10.0 Å². The lowest BCUT2D eigenvalue weighted by atomic mass is 10.3. The Labute approximate surface area is 124 Å². The van der Waals surface area contributed by atoms with Crippen LogP contribution in [0.15, 0.2) is 29.3 Å². The highest BCUT2D eigenvalue weighted by atomic mass is 35.5. The van der Waals surface area contributed by atoms with Gasteiger partial charge in [-0.2, -0.15) is 5.10 Å². The van der Waals surface area contributed by atoms with Crippen molar-refractivity contribution in [3.8, 4) is 0 Å². The van der Waals surface area contributed by atoms with E-state index in [4.69, 9.17) is 16.7 Å². The van der Waals surface area contributed by atoms with Crippen LogP contribution in [0.5, 0.6) is 0 Å². The minimum atomic E-state index is -4.26. The number of sulfonamides is 1. The van der Waals surface area contributed by atoms with Crippen molar-refractivity contribution in [3.05, 3.63) is 40.8 Å². The third-order valence-electron chi connectivity index (χ3n) is 2.58. The molecule has 1 aromatic heterocycles. The number of aromatic carboxylic acids is 1. The SMILES string of the molecule is Cn1ncc(C(=O)O)c1NS(=O)(=O)c1cc(F)ccc1Cl. The average molecular weight is 334 g/mol. The quantitative estimate of drug-likeness (QED) is 0.887. The fraction of sp³-hybridized carbons (Fsp3) is 0.0909. The molecule has 7 nitrogen and oxygen atoms in total. The second kappa shape index (κ2) is 5.34. The summed E-state index contributed by atoms with van der Waals surface area (Å²) in [6, 6.07) is 2.84. The molecule has 2 rings (SSSR count). The van der Waals surface area contributed by atoms with Gasteiger partial charge in [0.2, 0.25) is 0 Å². The van der Waals surface area contributed by atoms with Crippen LogP contribution in [0.3, 0.4) is 0 Å². The van der Waals surface area contributed by atoms with Gasteiger partial charge in [-0.15, -0.1) is 0 Å². The Hall–Kier alpha value is -2.13. The molecular formula is C11H9ClFN3O4S. The van der Waals surface area contributed by atoms with Gasteiger partial charge in [-0.05, 0) is 18.2 Å². The van der Waals surface area contributed by atoms with Crippen molar-refractivity contribution >= 4 is 33.4 Å². The zero-order chi connectivity index (χ0) is 15.8. The summed E-state index contributed by atoms with van der Waals surface area (Å²) < 4.78 is 40.7. The van der Waals surface area contributed by atoms with Crippen LogP contribution in [0.4, 0.5) is 10.2 Å². The third-order valence-corrected chi connectivity index (χ3v) is 4.40. The van der Waals surface area contributed by atoms with E-state index in [-0.39, 0.29) is 16.4 Å². The predicted molar refractivity (Wildman–Crippen MR) is 72.4 cm³/mol. The van der Waals surface area contributed by atoms with Crippen LogP contribution in [0, 0.1) is 5.82 Å². The van der Waals surface area contributed by atoms with Crippen LogP contribution < -0.4 is 4.72 Å². The number of rotatable bonds is 4. The lowest BCUT2D eigenvalue weighted by Crippen LogP contribution is -2.18. The van der Waals surface area contributed by atoms with Crippen molar-refractivity contribution in [2.24, 2.45) is 7.05 Å². The topological polar surface area (TPSA) is 101 Å². The summed E-state index contributed by atoms with van der Waals surface area (Å²) in [7, 11) is -2.90. The molecule has 0 aliphatic heterocycles. The van der Waals surface area contributed by atoms with Crippen molar-refractivity contribution in [2.75, 3.05) is 4.72 Å². The van der Waals surface area contributed by atoms with Crippen molar-refractivity contribution in [1.82, 2.24) is 9.78 Å². The first kappa shape index (κ1) is 15.3. The Balaban J connectivity index is 2.50. The number of carbonyl (C=O) groups is 1. The van der Waals surface area contributed by atoms with E-state index in [1.54, 1.807) is 0 Å². The van der Waals surface area contributed by atoms with Crippen molar-refractivity contribution in [3.63, 3.8) is 0 Å². The van der Waals surface area contributed by atoms with Crippen LogP contribution >= 0.6 is 11.6 Å². The lowest BCUT2D eigenvalue weighted by Gasteiger charge is -2.10. The van der Waals surface area contributed by atoms with Gasteiger partial charge in [0, 0.05) is 7.05 Å². The maximum atomic E-state index is 13.2. The molecule has 0 radical (unpaired) electrons. The van der Waals surface area contributed by atoms with Gasteiger partial charge in [-0.3, -0.25) is 9.40 Å². The van der Waals surface area contributed by atoms with E-state index in [0.29, 0.717) is 0 Å². The van der Waals surface area contributed by atoms with Gasteiger partial charge < -0.3 is 5.11 Å². The molecule has 0 fully saturated rings. The summed E-state index contributed by atoms with van der Waals surface area (Å²) in [5, 5.41) is 12.4. The van der Waals surface area contributed by atoms with Gasteiger partial charge in [-0.1, -0.05) is 11.6 Å². The van der Waals surface area contributed by atoms with Gasteiger partial charge in [0.15, 0.2) is 5.82 Å². The molecule has 0 bridgehead atoms. The number of aryl methyl sites for hydroxylation is 1. The Kier molecular flexibility index (Phi) is 3.88. The molecule has 2 aromatic rings. The number of nitrogens with zero attached hydrogens (tertiary/aromatic N) is 2. The molecule has 0 unspecified atom stereocenters. The van der Waals surface area contributed by atoms with E-state index in [2.05, 4.69) is 5.10 Å². The van der Waals surface area contributed by atoms with E-state index in [1.807, 2.05) is 4.72 Å². The molecule has 0 amide bonds. The molecule has 0 atom stereocenters. The minimum absolute atomic E-state index is 0.192. The fourth-order valence-electron chi connectivity index (χ4n) is 1.58. The van der Waals surface area contributed by atoms with Crippen molar-refractivity contribution in [2.45, 2.75) is 4.90 Å². The van der Waals surface area contributed by atoms with Crippen molar-refractivity contribution < 1.29 is 22.7 Å². The summed E-state index contributed by atoms with van der Waals surface area (Å²) in [5.41, 5.74) is -0.339. The monoisotopic (exact) mass is 333 g/mol. The number of carboxylic acids is 1. The van der Waals surface area contributed by atoms with Gasteiger partial charge >= 0.3 is 5.97 Å². The maximum Gasteiger partial charge on any atom is 0.341 e. The van der Waals surface area contributed by atoms with E-state index in [1.165, 1.54) is 7.05 Å². The molecule has 112 valence electrons. The summed E-state index contributed by atoms with van der Waals surface area (Å²) in [5.74, 6) is -2.41. The Morgan fingerprint density at radius 3 is 2.76 bits per heavy atom. The molecule has 0 aliphatic rings. The number of halogens is 2. The molecule has 21 heavy (non-hydrogen) atoms. The average Bonchev–Trinajstić information content (AvgIpc) is 2.73. The number of carboxylic acid groups (broad SMARTS) is 1. The standard InChI is InChI=1S/C11H9ClFN3O4S/c1-16-10(7(5-14-16)11(17)18)15-21(19,20)9-4-6(13)2-3-8(9)12/h2-5,15H,1H3,(H,17,18). The number of nitrogens with one attached hydrogen (secondary N) is 1. The number of benzene rings is 1. The van der Waals surface area contributed by atoms with Crippen LogP contribution in [-0.2, 0) is 17.1 Å². The molecule has 0 aliphatic carbocycles. The number of hydrogen-bond acceptors (Lipinski definition) is 4. The Bertz CT molecular complexity index is 819.